The second-order valence-electron chi connectivity index (χ2n) is 6.83. The van der Waals surface area contributed by atoms with Gasteiger partial charge in [-0.1, -0.05) is 13.0 Å². The van der Waals surface area contributed by atoms with Crippen LogP contribution >= 0.6 is 0 Å². The van der Waals surface area contributed by atoms with Gasteiger partial charge in [0.1, 0.15) is 11.6 Å². The molecule has 1 saturated heterocycles. The van der Waals surface area contributed by atoms with E-state index >= 15 is 0 Å². The number of carbonyl (C=O) groups excluding carboxylic acids is 1. The summed E-state index contributed by atoms with van der Waals surface area (Å²) in [6.07, 6.45) is 3.94. The van der Waals surface area contributed by atoms with E-state index in [1.807, 2.05) is 6.07 Å². The standard InChI is InChI=1S/C18H22N6O/c1-11-7-18(10-21-9-11,24-17(25)12(2)20)14-4-3-13(8-19)15-16(14)23-6-5-22-15/h3-6,11-12,21H,7,9-10,20H2,1-2H3,(H,24,25)/t11-,12-,18-/m0/s1. The molecule has 0 saturated carbocycles. The van der Waals surface area contributed by atoms with E-state index in [-0.39, 0.29) is 5.91 Å². The molecule has 2 heterocycles. The van der Waals surface area contributed by atoms with Crippen LogP contribution in [0.4, 0.5) is 0 Å². The zero-order valence-corrected chi connectivity index (χ0v) is 14.4. The number of amides is 1. The quantitative estimate of drug-likeness (QED) is 0.762. The van der Waals surface area contributed by atoms with Crippen molar-refractivity contribution >= 4 is 16.9 Å². The van der Waals surface area contributed by atoms with Gasteiger partial charge in [-0.25, -0.2) is 0 Å². The lowest BCUT2D eigenvalue weighted by Gasteiger charge is -2.42. The second kappa shape index (κ2) is 6.75. The van der Waals surface area contributed by atoms with Crippen LogP contribution in [0.5, 0.6) is 0 Å². The Kier molecular flexibility index (Phi) is 4.66. The molecule has 1 amide bonds. The molecule has 3 atom stereocenters. The van der Waals surface area contributed by atoms with Crippen molar-refractivity contribution in [2.24, 2.45) is 11.7 Å². The monoisotopic (exact) mass is 338 g/mol. The molecule has 1 aromatic carbocycles. The molecule has 1 aromatic heterocycles. The lowest BCUT2D eigenvalue weighted by Crippen LogP contribution is -2.59. The predicted octanol–water partition coefficient (Wildman–Crippen LogP) is 0.790. The first kappa shape index (κ1) is 17.3. The summed E-state index contributed by atoms with van der Waals surface area (Å²) in [6.45, 7) is 5.26. The molecular weight excluding hydrogens is 316 g/mol. The molecule has 1 fully saturated rings. The molecule has 130 valence electrons. The molecule has 0 spiro atoms. The van der Waals surface area contributed by atoms with Gasteiger partial charge in [-0.2, -0.15) is 5.26 Å². The molecule has 2 aromatic rings. The highest BCUT2D eigenvalue weighted by atomic mass is 16.2. The van der Waals surface area contributed by atoms with Crippen LogP contribution in [0.25, 0.3) is 11.0 Å². The summed E-state index contributed by atoms with van der Waals surface area (Å²) in [6, 6.07) is 5.16. The molecular formula is C18H22N6O. The molecule has 7 nitrogen and oxygen atoms in total. The lowest BCUT2D eigenvalue weighted by molar-refractivity contribution is -0.124. The molecule has 0 unspecified atom stereocenters. The van der Waals surface area contributed by atoms with Crippen LogP contribution < -0.4 is 16.4 Å². The third kappa shape index (κ3) is 3.18. The minimum absolute atomic E-state index is 0.211. The van der Waals surface area contributed by atoms with Crippen LogP contribution in [0.15, 0.2) is 24.5 Å². The first-order valence-corrected chi connectivity index (χ1v) is 8.39. The Morgan fingerprint density at radius 1 is 1.44 bits per heavy atom. The van der Waals surface area contributed by atoms with Gasteiger partial charge in [0.2, 0.25) is 5.91 Å². The van der Waals surface area contributed by atoms with Gasteiger partial charge < -0.3 is 16.4 Å². The van der Waals surface area contributed by atoms with E-state index in [0.717, 1.165) is 18.5 Å². The Hall–Kier alpha value is -2.56. The zero-order chi connectivity index (χ0) is 18.0. The highest BCUT2D eigenvalue weighted by Gasteiger charge is 2.40. The smallest absolute Gasteiger partial charge is 0.237 e. The Morgan fingerprint density at radius 2 is 2.16 bits per heavy atom. The van der Waals surface area contributed by atoms with Gasteiger partial charge in [0.25, 0.3) is 0 Å². The number of nitrogens with one attached hydrogen (secondary N) is 2. The van der Waals surface area contributed by atoms with Gasteiger partial charge in [0.05, 0.1) is 22.7 Å². The highest BCUT2D eigenvalue weighted by Crippen LogP contribution is 2.35. The summed E-state index contributed by atoms with van der Waals surface area (Å²) >= 11 is 0. The molecule has 0 bridgehead atoms. The van der Waals surface area contributed by atoms with Crippen LogP contribution in [0.3, 0.4) is 0 Å². The molecule has 1 aliphatic heterocycles. The van der Waals surface area contributed by atoms with Crippen LogP contribution in [0.2, 0.25) is 0 Å². The average molecular weight is 338 g/mol. The number of hydrogen-bond donors (Lipinski definition) is 3. The second-order valence-corrected chi connectivity index (χ2v) is 6.83. The molecule has 7 heteroatoms. The van der Waals surface area contributed by atoms with Crippen molar-refractivity contribution in [1.82, 2.24) is 20.6 Å². The van der Waals surface area contributed by atoms with Gasteiger partial charge in [0, 0.05) is 24.5 Å². The van der Waals surface area contributed by atoms with Crippen molar-refractivity contribution in [3.8, 4) is 6.07 Å². The van der Waals surface area contributed by atoms with E-state index in [2.05, 4.69) is 33.6 Å². The molecule has 25 heavy (non-hydrogen) atoms. The fourth-order valence-electron chi connectivity index (χ4n) is 3.52. The summed E-state index contributed by atoms with van der Waals surface area (Å²) in [5.74, 6) is 0.154. The normalized spacial score (nSPS) is 24.5. The number of piperidine rings is 1. The van der Waals surface area contributed by atoms with Crippen LogP contribution in [0, 0.1) is 17.2 Å². The van der Waals surface area contributed by atoms with E-state index in [4.69, 9.17) is 5.73 Å². The summed E-state index contributed by atoms with van der Waals surface area (Å²) in [5, 5.41) is 15.9. The van der Waals surface area contributed by atoms with E-state index < -0.39 is 11.6 Å². The number of nitrogens with two attached hydrogens (primary N) is 1. The first-order chi connectivity index (χ1) is 12.0. The van der Waals surface area contributed by atoms with Crippen molar-refractivity contribution in [1.29, 1.82) is 5.26 Å². The van der Waals surface area contributed by atoms with E-state index in [0.29, 0.717) is 29.1 Å². The Bertz CT molecular complexity index is 843. The van der Waals surface area contributed by atoms with Crippen molar-refractivity contribution in [3.05, 3.63) is 35.7 Å². The van der Waals surface area contributed by atoms with E-state index in [9.17, 15) is 10.1 Å². The minimum atomic E-state index is -0.634. The van der Waals surface area contributed by atoms with E-state index in [1.165, 1.54) is 0 Å². The van der Waals surface area contributed by atoms with Crippen molar-refractivity contribution < 1.29 is 4.79 Å². The molecule has 3 rings (SSSR count). The topological polar surface area (TPSA) is 117 Å². The Morgan fingerprint density at radius 3 is 2.80 bits per heavy atom. The predicted molar refractivity (Wildman–Crippen MR) is 94.4 cm³/mol. The summed E-state index contributed by atoms with van der Waals surface area (Å²) in [4.78, 5) is 21.2. The largest absolute Gasteiger partial charge is 0.344 e. The van der Waals surface area contributed by atoms with Gasteiger partial charge in [-0.15, -0.1) is 0 Å². The molecule has 1 aliphatic rings. The number of rotatable bonds is 3. The number of nitrogens with zero attached hydrogens (tertiary/aromatic N) is 3. The maximum absolute atomic E-state index is 12.4. The fourth-order valence-corrected chi connectivity index (χ4v) is 3.52. The first-order valence-electron chi connectivity index (χ1n) is 8.39. The highest BCUT2D eigenvalue weighted by molar-refractivity contribution is 5.87. The summed E-state index contributed by atoms with van der Waals surface area (Å²) in [7, 11) is 0. The van der Waals surface area contributed by atoms with Crippen molar-refractivity contribution in [3.63, 3.8) is 0 Å². The molecule has 0 radical (unpaired) electrons. The Balaban J connectivity index is 2.19. The number of hydrogen-bond acceptors (Lipinski definition) is 6. The number of benzene rings is 1. The number of carbonyl (C=O) groups is 1. The number of nitriles is 1. The number of aromatic nitrogens is 2. The van der Waals surface area contributed by atoms with Crippen molar-refractivity contribution in [2.75, 3.05) is 13.1 Å². The fraction of sp³-hybridized carbons (Fsp3) is 0.444. The van der Waals surface area contributed by atoms with E-state index in [1.54, 1.807) is 25.4 Å². The maximum atomic E-state index is 12.4. The van der Waals surface area contributed by atoms with Crippen molar-refractivity contribution in [2.45, 2.75) is 31.8 Å². The van der Waals surface area contributed by atoms with Crippen LogP contribution in [-0.4, -0.2) is 35.0 Å². The summed E-state index contributed by atoms with van der Waals surface area (Å²) < 4.78 is 0. The number of fused-ring (bicyclic) bond motifs is 1. The zero-order valence-electron chi connectivity index (χ0n) is 14.4. The third-order valence-corrected chi connectivity index (χ3v) is 4.65. The third-order valence-electron chi connectivity index (χ3n) is 4.65. The lowest BCUT2D eigenvalue weighted by atomic mass is 9.78. The van der Waals surface area contributed by atoms with Gasteiger partial charge in [-0.3, -0.25) is 14.8 Å². The molecule has 4 N–H and O–H groups in total. The minimum Gasteiger partial charge on any atom is -0.344 e. The SMILES string of the molecule is C[C@@H]1CNC[C@](NC(=O)[C@H](C)N)(c2ccc(C#N)c3nccnc23)C1. The average Bonchev–Trinajstić information content (AvgIpc) is 2.60. The van der Waals surface area contributed by atoms with Gasteiger partial charge in [0.15, 0.2) is 0 Å². The van der Waals surface area contributed by atoms with Gasteiger partial charge >= 0.3 is 0 Å². The van der Waals surface area contributed by atoms with Crippen LogP contribution in [0.1, 0.15) is 31.4 Å². The van der Waals surface area contributed by atoms with Crippen LogP contribution in [-0.2, 0) is 10.3 Å². The summed E-state index contributed by atoms with van der Waals surface area (Å²) in [5.41, 5.74) is 7.67. The van der Waals surface area contributed by atoms with Gasteiger partial charge in [-0.05, 0) is 31.9 Å². The molecule has 0 aliphatic carbocycles. The Labute approximate surface area is 146 Å². The maximum Gasteiger partial charge on any atom is 0.237 e.